The van der Waals surface area contributed by atoms with Crippen LogP contribution in [0.5, 0.6) is 0 Å². The Bertz CT molecular complexity index is 118. The minimum Gasteiger partial charge on any atom is -0.376 e. The van der Waals surface area contributed by atoms with Crippen molar-refractivity contribution in [2.24, 2.45) is 0 Å². The summed E-state index contributed by atoms with van der Waals surface area (Å²) in [6.07, 6.45) is 2.29. The first-order valence-corrected chi connectivity index (χ1v) is 5.33. The molecule has 0 spiro atoms. The van der Waals surface area contributed by atoms with E-state index in [1.54, 1.807) is 0 Å². The summed E-state index contributed by atoms with van der Waals surface area (Å²) in [6.45, 7) is 12.6. The fourth-order valence-corrected chi connectivity index (χ4v) is 1.03. The summed E-state index contributed by atoms with van der Waals surface area (Å²) in [5.41, 5.74) is 0.00444. The SMILES string of the molecule is CCCNC(C)CCOC(C)(C)C. The standard InChI is InChI=1S/C11H25NO/c1-6-8-12-10(2)7-9-13-11(3,4)5/h10,12H,6-9H2,1-5H3. The van der Waals surface area contributed by atoms with Crippen molar-refractivity contribution in [1.82, 2.24) is 5.32 Å². The average Bonchev–Trinajstić information content (AvgIpc) is 1.98. The van der Waals surface area contributed by atoms with Gasteiger partial charge in [-0.05, 0) is 47.1 Å². The maximum atomic E-state index is 5.64. The summed E-state index contributed by atoms with van der Waals surface area (Å²) >= 11 is 0. The second-order valence-corrected chi connectivity index (χ2v) is 4.60. The molecule has 80 valence electrons. The Morgan fingerprint density at radius 3 is 2.38 bits per heavy atom. The molecule has 0 aliphatic carbocycles. The number of rotatable bonds is 6. The molecule has 2 heteroatoms. The maximum Gasteiger partial charge on any atom is 0.0598 e. The van der Waals surface area contributed by atoms with Gasteiger partial charge in [0.15, 0.2) is 0 Å². The zero-order valence-corrected chi connectivity index (χ0v) is 9.81. The molecule has 13 heavy (non-hydrogen) atoms. The van der Waals surface area contributed by atoms with Crippen molar-refractivity contribution in [3.63, 3.8) is 0 Å². The van der Waals surface area contributed by atoms with E-state index in [2.05, 4.69) is 39.9 Å². The quantitative estimate of drug-likeness (QED) is 0.690. The Labute approximate surface area is 83.1 Å². The van der Waals surface area contributed by atoms with Gasteiger partial charge in [-0.3, -0.25) is 0 Å². The van der Waals surface area contributed by atoms with Crippen molar-refractivity contribution >= 4 is 0 Å². The highest BCUT2D eigenvalue weighted by molar-refractivity contribution is 4.63. The Balaban J connectivity index is 3.31. The van der Waals surface area contributed by atoms with Gasteiger partial charge in [-0.2, -0.15) is 0 Å². The van der Waals surface area contributed by atoms with Crippen LogP contribution in [0.4, 0.5) is 0 Å². The van der Waals surface area contributed by atoms with Crippen molar-refractivity contribution in [2.75, 3.05) is 13.2 Å². The Morgan fingerprint density at radius 1 is 1.31 bits per heavy atom. The molecule has 0 rings (SSSR count). The van der Waals surface area contributed by atoms with Crippen LogP contribution in [0.15, 0.2) is 0 Å². The topological polar surface area (TPSA) is 21.3 Å². The van der Waals surface area contributed by atoms with Crippen molar-refractivity contribution in [3.8, 4) is 0 Å². The van der Waals surface area contributed by atoms with Crippen LogP contribution >= 0.6 is 0 Å². The molecule has 0 bridgehead atoms. The summed E-state index contributed by atoms with van der Waals surface area (Å²) in [7, 11) is 0. The smallest absolute Gasteiger partial charge is 0.0598 e. The average molecular weight is 187 g/mol. The fraction of sp³-hybridized carbons (Fsp3) is 1.00. The van der Waals surface area contributed by atoms with E-state index in [4.69, 9.17) is 4.74 Å². The number of hydrogen-bond donors (Lipinski definition) is 1. The predicted octanol–water partition coefficient (Wildman–Crippen LogP) is 2.58. The van der Waals surface area contributed by atoms with Gasteiger partial charge in [0.2, 0.25) is 0 Å². The van der Waals surface area contributed by atoms with E-state index in [1.165, 1.54) is 6.42 Å². The highest BCUT2D eigenvalue weighted by atomic mass is 16.5. The molecule has 1 unspecified atom stereocenters. The van der Waals surface area contributed by atoms with Gasteiger partial charge in [0, 0.05) is 12.6 Å². The van der Waals surface area contributed by atoms with E-state index in [0.717, 1.165) is 19.6 Å². The third kappa shape index (κ3) is 9.84. The first kappa shape index (κ1) is 12.9. The summed E-state index contributed by atoms with van der Waals surface area (Å²) < 4.78 is 5.64. The third-order valence-corrected chi connectivity index (χ3v) is 1.83. The van der Waals surface area contributed by atoms with E-state index in [-0.39, 0.29) is 5.60 Å². The number of hydrogen-bond acceptors (Lipinski definition) is 2. The lowest BCUT2D eigenvalue weighted by atomic mass is 10.2. The number of nitrogens with one attached hydrogen (secondary N) is 1. The molecule has 0 saturated carbocycles. The summed E-state index contributed by atoms with van der Waals surface area (Å²) in [4.78, 5) is 0. The molecular weight excluding hydrogens is 162 g/mol. The van der Waals surface area contributed by atoms with E-state index in [0.29, 0.717) is 6.04 Å². The zero-order chi connectivity index (χ0) is 10.3. The molecule has 2 nitrogen and oxygen atoms in total. The highest BCUT2D eigenvalue weighted by Gasteiger charge is 2.10. The van der Waals surface area contributed by atoms with Gasteiger partial charge in [0.1, 0.15) is 0 Å². The van der Waals surface area contributed by atoms with Gasteiger partial charge in [0.05, 0.1) is 5.60 Å². The molecular formula is C11H25NO. The van der Waals surface area contributed by atoms with Gasteiger partial charge < -0.3 is 10.1 Å². The monoisotopic (exact) mass is 187 g/mol. The molecule has 1 N–H and O–H groups in total. The van der Waals surface area contributed by atoms with Crippen molar-refractivity contribution in [3.05, 3.63) is 0 Å². The molecule has 0 amide bonds. The van der Waals surface area contributed by atoms with Crippen LogP contribution in [0.3, 0.4) is 0 Å². The van der Waals surface area contributed by atoms with E-state index >= 15 is 0 Å². The second kappa shape index (κ2) is 6.39. The zero-order valence-electron chi connectivity index (χ0n) is 9.81. The molecule has 0 aromatic rings. The molecule has 0 aromatic heterocycles. The summed E-state index contributed by atoms with van der Waals surface area (Å²) in [5, 5.41) is 3.44. The molecule has 0 aliphatic heterocycles. The van der Waals surface area contributed by atoms with Crippen LogP contribution < -0.4 is 5.32 Å². The highest BCUT2D eigenvalue weighted by Crippen LogP contribution is 2.07. The van der Waals surface area contributed by atoms with E-state index in [9.17, 15) is 0 Å². The minimum absolute atomic E-state index is 0.00444. The van der Waals surface area contributed by atoms with Gasteiger partial charge in [-0.15, -0.1) is 0 Å². The first-order valence-electron chi connectivity index (χ1n) is 5.33. The molecule has 0 fully saturated rings. The Kier molecular flexibility index (Phi) is 6.35. The third-order valence-electron chi connectivity index (χ3n) is 1.83. The lowest BCUT2D eigenvalue weighted by Gasteiger charge is -2.21. The fourth-order valence-electron chi connectivity index (χ4n) is 1.03. The van der Waals surface area contributed by atoms with Gasteiger partial charge >= 0.3 is 0 Å². The molecule has 0 aromatic carbocycles. The normalized spacial score (nSPS) is 14.5. The minimum atomic E-state index is 0.00444. The van der Waals surface area contributed by atoms with Crippen LogP contribution in [-0.2, 0) is 4.74 Å². The van der Waals surface area contributed by atoms with E-state index in [1.807, 2.05) is 0 Å². The lowest BCUT2D eigenvalue weighted by Crippen LogP contribution is -2.29. The van der Waals surface area contributed by atoms with Crippen LogP contribution in [-0.4, -0.2) is 24.8 Å². The van der Waals surface area contributed by atoms with Gasteiger partial charge in [0.25, 0.3) is 0 Å². The van der Waals surface area contributed by atoms with Crippen LogP contribution in [0, 0.1) is 0 Å². The molecule has 0 radical (unpaired) electrons. The molecule has 0 aliphatic rings. The largest absolute Gasteiger partial charge is 0.376 e. The lowest BCUT2D eigenvalue weighted by molar-refractivity contribution is -0.00655. The predicted molar refractivity (Wildman–Crippen MR) is 58.1 cm³/mol. The van der Waals surface area contributed by atoms with Crippen LogP contribution in [0.2, 0.25) is 0 Å². The maximum absolute atomic E-state index is 5.64. The van der Waals surface area contributed by atoms with Crippen LogP contribution in [0.25, 0.3) is 0 Å². The second-order valence-electron chi connectivity index (χ2n) is 4.60. The molecule has 0 heterocycles. The van der Waals surface area contributed by atoms with Gasteiger partial charge in [-0.1, -0.05) is 6.92 Å². The van der Waals surface area contributed by atoms with Crippen LogP contribution in [0.1, 0.15) is 47.5 Å². The first-order chi connectivity index (χ1) is 5.95. The van der Waals surface area contributed by atoms with Crippen molar-refractivity contribution in [1.29, 1.82) is 0 Å². The summed E-state index contributed by atoms with van der Waals surface area (Å²) in [5.74, 6) is 0. The molecule has 1 atom stereocenters. The summed E-state index contributed by atoms with van der Waals surface area (Å²) in [6, 6.07) is 0.572. The Morgan fingerprint density at radius 2 is 1.92 bits per heavy atom. The van der Waals surface area contributed by atoms with Gasteiger partial charge in [-0.25, -0.2) is 0 Å². The Hall–Kier alpha value is -0.0800. The number of ether oxygens (including phenoxy) is 1. The van der Waals surface area contributed by atoms with E-state index < -0.39 is 0 Å². The van der Waals surface area contributed by atoms with Crippen molar-refractivity contribution in [2.45, 2.75) is 59.1 Å². The molecule has 0 saturated heterocycles. The van der Waals surface area contributed by atoms with Crippen molar-refractivity contribution < 1.29 is 4.74 Å².